The number of fused-ring (bicyclic) bond motifs is 2. The second-order valence-electron chi connectivity index (χ2n) is 7.75. The van der Waals surface area contributed by atoms with Crippen LogP contribution in [0.4, 0.5) is 5.69 Å². The average Bonchev–Trinajstić information content (AvgIpc) is 3.18. The maximum absolute atomic E-state index is 12.9. The molecule has 2 heterocycles. The normalized spacial score (nSPS) is 12.9. The van der Waals surface area contributed by atoms with Crippen LogP contribution in [0.5, 0.6) is 0 Å². The summed E-state index contributed by atoms with van der Waals surface area (Å²) in [5, 5.41) is 8.25. The smallest absolute Gasteiger partial charge is 0.272 e. The molecule has 30 heavy (non-hydrogen) atoms. The van der Waals surface area contributed by atoms with Crippen LogP contribution in [0.3, 0.4) is 0 Å². The molecule has 3 aromatic carbocycles. The van der Waals surface area contributed by atoms with Crippen LogP contribution in [0.15, 0.2) is 71.5 Å². The van der Waals surface area contributed by atoms with Crippen molar-refractivity contribution >= 4 is 22.4 Å². The Hall–Kier alpha value is -3.73. The summed E-state index contributed by atoms with van der Waals surface area (Å²) >= 11 is 0. The van der Waals surface area contributed by atoms with Crippen LogP contribution in [0.25, 0.3) is 22.0 Å². The zero-order valence-electron chi connectivity index (χ0n) is 16.7. The molecule has 0 saturated carbocycles. The van der Waals surface area contributed by atoms with E-state index in [0.717, 1.165) is 40.9 Å². The van der Waals surface area contributed by atoms with Gasteiger partial charge in [0.25, 0.3) is 5.56 Å². The number of amides is 1. The quantitative estimate of drug-likeness (QED) is 0.570. The molecule has 1 N–H and O–H groups in total. The van der Waals surface area contributed by atoms with E-state index in [1.807, 2.05) is 53.4 Å². The maximum atomic E-state index is 12.9. The van der Waals surface area contributed by atoms with Gasteiger partial charge in [0.1, 0.15) is 0 Å². The number of hydrogen-bond acceptors (Lipinski definition) is 3. The van der Waals surface area contributed by atoms with Crippen molar-refractivity contribution in [3.8, 4) is 11.3 Å². The van der Waals surface area contributed by atoms with E-state index in [1.54, 1.807) is 6.07 Å². The highest BCUT2D eigenvalue weighted by Crippen LogP contribution is 2.30. The zero-order valence-corrected chi connectivity index (χ0v) is 16.7. The van der Waals surface area contributed by atoms with Crippen molar-refractivity contribution in [2.24, 2.45) is 0 Å². The molecule has 0 unspecified atom stereocenters. The van der Waals surface area contributed by atoms with E-state index in [-0.39, 0.29) is 11.5 Å². The van der Waals surface area contributed by atoms with Gasteiger partial charge in [-0.3, -0.25) is 9.59 Å². The number of H-pyrrole nitrogens is 1. The third kappa shape index (κ3) is 3.18. The van der Waals surface area contributed by atoms with Crippen LogP contribution in [-0.4, -0.2) is 22.6 Å². The van der Waals surface area contributed by atoms with Crippen LogP contribution < -0.4 is 10.5 Å². The second kappa shape index (κ2) is 7.26. The Morgan fingerprint density at radius 2 is 1.80 bits per heavy atom. The summed E-state index contributed by atoms with van der Waals surface area (Å²) in [6.07, 6.45) is 1.26. The third-order valence-electron chi connectivity index (χ3n) is 5.71. The van der Waals surface area contributed by atoms with Crippen LogP contribution in [0.1, 0.15) is 16.7 Å². The number of aromatic nitrogens is 2. The maximum Gasteiger partial charge on any atom is 0.272 e. The van der Waals surface area contributed by atoms with Crippen LogP contribution in [0, 0.1) is 6.92 Å². The molecular formula is C25H21N3O2. The van der Waals surface area contributed by atoms with E-state index < -0.39 is 0 Å². The molecule has 1 aromatic heterocycles. The summed E-state index contributed by atoms with van der Waals surface area (Å²) in [4.78, 5) is 26.8. The van der Waals surface area contributed by atoms with Gasteiger partial charge in [0.2, 0.25) is 5.91 Å². The molecule has 4 aromatic rings. The molecular weight excluding hydrogens is 374 g/mol. The lowest BCUT2D eigenvalue weighted by Crippen LogP contribution is -2.30. The van der Waals surface area contributed by atoms with Crippen molar-refractivity contribution in [2.45, 2.75) is 19.8 Å². The van der Waals surface area contributed by atoms with E-state index in [9.17, 15) is 9.59 Å². The Balaban J connectivity index is 1.39. The Morgan fingerprint density at radius 1 is 1.03 bits per heavy atom. The number of benzene rings is 3. The molecule has 0 bridgehead atoms. The lowest BCUT2D eigenvalue weighted by atomic mass is 10.0. The van der Waals surface area contributed by atoms with Crippen molar-refractivity contribution in [1.82, 2.24) is 10.2 Å². The summed E-state index contributed by atoms with van der Waals surface area (Å²) in [6, 6.07) is 21.5. The van der Waals surface area contributed by atoms with Gasteiger partial charge < -0.3 is 4.90 Å². The molecule has 5 nitrogen and oxygen atoms in total. The molecule has 0 spiro atoms. The van der Waals surface area contributed by atoms with Crippen molar-refractivity contribution in [3.05, 3.63) is 93.8 Å². The van der Waals surface area contributed by atoms with E-state index in [0.29, 0.717) is 11.8 Å². The summed E-state index contributed by atoms with van der Waals surface area (Å²) in [5.41, 5.74) is 5.89. The summed E-state index contributed by atoms with van der Waals surface area (Å²) < 4.78 is 0. The molecule has 1 amide bonds. The van der Waals surface area contributed by atoms with Crippen molar-refractivity contribution in [1.29, 1.82) is 0 Å². The summed E-state index contributed by atoms with van der Waals surface area (Å²) in [7, 11) is 0. The highest BCUT2D eigenvalue weighted by molar-refractivity contribution is 5.97. The van der Waals surface area contributed by atoms with Crippen LogP contribution in [-0.2, 0) is 17.6 Å². The standard InChI is InChI=1S/C25H21N3O2/c1-16-6-11-22-19(14-16)12-13-28(22)23(29)15-17-7-9-18(10-8-17)24-20-4-2-3-5-21(20)25(30)27-26-24/h2-11,14H,12-13,15H2,1H3,(H,27,30). The minimum Gasteiger partial charge on any atom is -0.312 e. The number of hydrogen-bond donors (Lipinski definition) is 1. The largest absolute Gasteiger partial charge is 0.312 e. The summed E-state index contributed by atoms with van der Waals surface area (Å²) in [5.74, 6) is 0.109. The molecule has 1 aliphatic heterocycles. The van der Waals surface area contributed by atoms with Crippen LogP contribution >= 0.6 is 0 Å². The number of nitrogens with one attached hydrogen (secondary N) is 1. The monoisotopic (exact) mass is 395 g/mol. The Morgan fingerprint density at radius 3 is 2.60 bits per heavy atom. The predicted molar refractivity (Wildman–Crippen MR) is 119 cm³/mol. The number of aromatic amines is 1. The number of carbonyl (C=O) groups is 1. The second-order valence-corrected chi connectivity index (χ2v) is 7.75. The fourth-order valence-electron chi connectivity index (χ4n) is 4.17. The number of nitrogens with zero attached hydrogens (tertiary/aromatic N) is 2. The molecule has 0 fully saturated rings. The van der Waals surface area contributed by atoms with Gasteiger partial charge in [-0.05, 0) is 36.6 Å². The average molecular weight is 395 g/mol. The van der Waals surface area contributed by atoms with Crippen LogP contribution in [0.2, 0.25) is 0 Å². The van der Waals surface area contributed by atoms with E-state index in [2.05, 4.69) is 29.3 Å². The van der Waals surface area contributed by atoms with Gasteiger partial charge in [0.05, 0.1) is 17.5 Å². The van der Waals surface area contributed by atoms with Gasteiger partial charge >= 0.3 is 0 Å². The first-order valence-corrected chi connectivity index (χ1v) is 10.1. The summed E-state index contributed by atoms with van der Waals surface area (Å²) in [6.45, 7) is 2.82. The number of carbonyl (C=O) groups excluding carboxylic acids is 1. The molecule has 5 rings (SSSR count). The Labute approximate surface area is 174 Å². The fourth-order valence-corrected chi connectivity index (χ4v) is 4.17. The Kier molecular flexibility index (Phi) is 4.43. The highest BCUT2D eigenvalue weighted by Gasteiger charge is 2.24. The SMILES string of the molecule is Cc1ccc2c(c1)CCN2C(=O)Cc1ccc(-c2n[nH]c(=O)c3ccccc23)cc1. The first-order valence-electron chi connectivity index (χ1n) is 10.1. The zero-order chi connectivity index (χ0) is 20.7. The number of rotatable bonds is 3. The van der Waals surface area contributed by atoms with Gasteiger partial charge in [0, 0.05) is 23.2 Å². The first kappa shape index (κ1) is 18.3. The van der Waals surface area contributed by atoms with Gasteiger partial charge in [-0.2, -0.15) is 5.10 Å². The molecule has 0 aliphatic carbocycles. The van der Waals surface area contributed by atoms with Gasteiger partial charge in [0.15, 0.2) is 0 Å². The minimum absolute atomic E-state index is 0.109. The van der Waals surface area contributed by atoms with Crippen molar-refractivity contribution in [3.63, 3.8) is 0 Å². The topological polar surface area (TPSA) is 66.1 Å². The molecule has 1 aliphatic rings. The Bertz CT molecular complexity index is 1320. The van der Waals surface area contributed by atoms with Gasteiger partial charge in [-0.15, -0.1) is 0 Å². The molecule has 148 valence electrons. The lowest BCUT2D eigenvalue weighted by Gasteiger charge is -2.17. The minimum atomic E-state index is -0.197. The molecule has 0 radical (unpaired) electrons. The van der Waals surface area contributed by atoms with E-state index in [4.69, 9.17) is 0 Å². The first-order chi connectivity index (χ1) is 14.6. The molecule has 5 heteroatoms. The van der Waals surface area contributed by atoms with E-state index >= 15 is 0 Å². The third-order valence-corrected chi connectivity index (χ3v) is 5.71. The van der Waals surface area contributed by atoms with Crippen molar-refractivity contribution < 1.29 is 4.79 Å². The fraction of sp³-hybridized carbons (Fsp3) is 0.160. The number of anilines is 1. The lowest BCUT2D eigenvalue weighted by molar-refractivity contribution is -0.117. The highest BCUT2D eigenvalue weighted by atomic mass is 16.2. The predicted octanol–water partition coefficient (Wildman–Crippen LogP) is 4.03. The van der Waals surface area contributed by atoms with E-state index in [1.165, 1.54) is 11.1 Å². The van der Waals surface area contributed by atoms with Crippen molar-refractivity contribution in [2.75, 3.05) is 11.4 Å². The van der Waals surface area contributed by atoms with Gasteiger partial charge in [-0.1, -0.05) is 60.2 Å². The van der Waals surface area contributed by atoms with Gasteiger partial charge in [-0.25, -0.2) is 5.10 Å². The molecule has 0 saturated heterocycles. The molecule has 0 atom stereocenters. The number of aryl methyl sites for hydroxylation is 1.